The van der Waals surface area contributed by atoms with Gasteiger partial charge in [0.05, 0.1) is 5.69 Å². The van der Waals surface area contributed by atoms with Crippen LogP contribution in [0.1, 0.15) is 0 Å². The molecule has 0 aromatic heterocycles. The van der Waals surface area contributed by atoms with Gasteiger partial charge in [0, 0.05) is 16.9 Å². The van der Waals surface area contributed by atoms with E-state index in [-0.39, 0.29) is 0 Å². The Bertz CT molecular complexity index is 3330. The van der Waals surface area contributed by atoms with Gasteiger partial charge < -0.3 is 4.90 Å². The molecule has 0 aliphatic carbocycles. The molecule has 0 fully saturated rings. The zero-order chi connectivity index (χ0) is 40.5. The van der Waals surface area contributed by atoms with Crippen molar-refractivity contribution in [3.8, 4) is 55.6 Å². The summed E-state index contributed by atoms with van der Waals surface area (Å²) in [5, 5.41) is 7.57. The van der Waals surface area contributed by atoms with Crippen molar-refractivity contribution in [3.63, 3.8) is 0 Å². The molecule has 0 amide bonds. The molecule has 0 aliphatic rings. The fourth-order valence-corrected chi connectivity index (χ4v) is 9.13. The zero-order valence-corrected chi connectivity index (χ0v) is 33.6. The molecule has 1 heteroatoms. The van der Waals surface area contributed by atoms with Gasteiger partial charge in [0.2, 0.25) is 0 Å². The third-order valence-corrected chi connectivity index (χ3v) is 12.1. The molecule has 0 radical (unpaired) electrons. The van der Waals surface area contributed by atoms with Gasteiger partial charge in [-0.25, -0.2) is 0 Å². The second-order valence-corrected chi connectivity index (χ2v) is 15.7. The maximum absolute atomic E-state index is 2.42. The maximum Gasteiger partial charge on any atom is 0.0540 e. The van der Waals surface area contributed by atoms with Gasteiger partial charge in [0.15, 0.2) is 0 Å². The molecule has 0 N–H and O–H groups in total. The van der Waals surface area contributed by atoms with Gasteiger partial charge in [-0.3, -0.25) is 0 Å². The zero-order valence-electron chi connectivity index (χ0n) is 33.6. The van der Waals surface area contributed by atoms with Gasteiger partial charge in [0.25, 0.3) is 0 Å². The van der Waals surface area contributed by atoms with E-state index >= 15 is 0 Å². The summed E-state index contributed by atoms with van der Waals surface area (Å²) in [6.07, 6.45) is 0. The van der Waals surface area contributed by atoms with Gasteiger partial charge in [-0.2, -0.15) is 0 Å². The molecule has 1 nitrogen and oxygen atoms in total. The average Bonchev–Trinajstić information content (AvgIpc) is 3.35. The fourth-order valence-electron chi connectivity index (χ4n) is 9.13. The van der Waals surface area contributed by atoms with E-state index in [0.29, 0.717) is 0 Å². The standard InChI is InChI=1S/C60H41N/c1-3-16-43(17-4-1)55-25-13-14-29-60(55)61(49-36-34-47(35-37-49)58-40-48-21-8-10-24-53(48)56-26-11-12-27-57(56)58)50-38-39-54(59(41-50)44-18-5-2-6-19-44)46-32-30-45(31-33-46)52-28-15-22-42-20-7-9-23-51(42)52/h1-41H. The van der Waals surface area contributed by atoms with Crippen molar-refractivity contribution in [1.29, 1.82) is 0 Å². The van der Waals surface area contributed by atoms with Crippen LogP contribution in [0.15, 0.2) is 249 Å². The van der Waals surface area contributed by atoms with Crippen LogP contribution in [-0.2, 0) is 0 Å². The molecule has 0 saturated heterocycles. The number of para-hydroxylation sites is 1. The predicted octanol–water partition coefficient (Wildman–Crippen LogP) is 17.0. The first-order valence-corrected chi connectivity index (χ1v) is 21.0. The minimum atomic E-state index is 1.09. The second kappa shape index (κ2) is 15.6. The van der Waals surface area contributed by atoms with Crippen molar-refractivity contribution >= 4 is 49.4 Å². The lowest BCUT2D eigenvalue weighted by Crippen LogP contribution is -2.11. The first-order valence-electron chi connectivity index (χ1n) is 21.0. The monoisotopic (exact) mass is 775 g/mol. The Morgan fingerprint density at radius 1 is 0.213 bits per heavy atom. The van der Waals surface area contributed by atoms with E-state index in [1.807, 2.05) is 0 Å². The molecular formula is C60H41N. The van der Waals surface area contributed by atoms with Crippen molar-refractivity contribution in [2.24, 2.45) is 0 Å². The van der Waals surface area contributed by atoms with Gasteiger partial charge >= 0.3 is 0 Å². The van der Waals surface area contributed by atoms with Crippen molar-refractivity contribution < 1.29 is 0 Å². The number of fused-ring (bicyclic) bond motifs is 4. The number of nitrogens with zero attached hydrogens (tertiary/aromatic N) is 1. The topological polar surface area (TPSA) is 3.24 Å². The smallest absolute Gasteiger partial charge is 0.0540 e. The molecule has 0 atom stereocenters. The number of benzene rings is 11. The van der Waals surface area contributed by atoms with Crippen molar-refractivity contribution in [2.45, 2.75) is 0 Å². The number of rotatable bonds is 8. The minimum absolute atomic E-state index is 1.09. The molecule has 61 heavy (non-hydrogen) atoms. The molecule has 0 bridgehead atoms. The van der Waals surface area contributed by atoms with E-state index in [1.54, 1.807) is 0 Å². The molecular weight excluding hydrogens is 735 g/mol. The Hall–Kier alpha value is -8.00. The predicted molar refractivity (Wildman–Crippen MR) is 261 cm³/mol. The fraction of sp³-hybridized carbons (Fsp3) is 0. The van der Waals surface area contributed by atoms with E-state index < -0.39 is 0 Å². The quantitative estimate of drug-likeness (QED) is 0.139. The third kappa shape index (κ3) is 6.73. The highest BCUT2D eigenvalue weighted by atomic mass is 15.1. The van der Waals surface area contributed by atoms with E-state index in [1.165, 1.54) is 88.0 Å². The lowest BCUT2D eigenvalue weighted by molar-refractivity contribution is 1.28. The first-order chi connectivity index (χ1) is 30.3. The van der Waals surface area contributed by atoms with Gasteiger partial charge in [0.1, 0.15) is 0 Å². The highest BCUT2D eigenvalue weighted by molar-refractivity contribution is 6.14. The van der Waals surface area contributed by atoms with Crippen LogP contribution in [0, 0.1) is 0 Å². The molecule has 0 aliphatic heterocycles. The van der Waals surface area contributed by atoms with Crippen LogP contribution in [0.25, 0.3) is 88.0 Å². The second-order valence-electron chi connectivity index (χ2n) is 15.7. The molecule has 11 aromatic rings. The van der Waals surface area contributed by atoms with Crippen LogP contribution in [0.2, 0.25) is 0 Å². The molecule has 0 unspecified atom stereocenters. The first kappa shape index (κ1) is 36.1. The molecule has 0 spiro atoms. The maximum atomic E-state index is 2.42. The highest BCUT2D eigenvalue weighted by Gasteiger charge is 2.20. The number of hydrogen-bond donors (Lipinski definition) is 0. The summed E-state index contributed by atoms with van der Waals surface area (Å²) in [7, 11) is 0. The van der Waals surface area contributed by atoms with Gasteiger partial charge in [-0.05, 0) is 119 Å². The third-order valence-electron chi connectivity index (χ3n) is 12.1. The molecule has 11 aromatic carbocycles. The normalized spacial score (nSPS) is 11.3. The summed E-state index contributed by atoms with van der Waals surface area (Å²) in [6.45, 7) is 0. The Morgan fingerprint density at radius 2 is 0.689 bits per heavy atom. The summed E-state index contributed by atoms with van der Waals surface area (Å²) in [5.74, 6) is 0. The number of hydrogen-bond acceptors (Lipinski definition) is 1. The van der Waals surface area contributed by atoms with Crippen LogP contribution < -0.4 is 4.90 Å². The Morgan fingerprint density at radius 3 is 1.43 bits per heavy atom. The largest absolute Gasteiger partial charge is 0.310 e. The summed E-state index contributed by atoms with van der Waals surface area (Å²) >= 11 is 0. The summed E-state index contributed by atoms with van der Waals surface area (Å²) in [5.41, 5.74) is 15.2. The summed E-state index contributed by atoms with van der Waals surface area (Å²) < 4.78 is 0. The molecule has 0 heterocycles. The summed E-state index contributed by atoms with van der Waals surface area (Å²) in [6, 6.07) is 90.4. The SMILES string of the molecule is c1ccc(-c2cc(N(c3ccc(-c4cc5ccccc5c5ccccc45)cc3)c3ccccc3-c3ccccc3)ccc2-c2ccc(-c3cccc4ccccc34)cc2)cc1. The van der Waals surface area contributed by atoms with Crippen molar-refractivity contribution in [1.82, 2.24) is 0 Å². The Kier molecular flexibility index (Phi) is 9.26. The van der Waals surface area contributed by atoms with Gasteiger partial charge in [-0.1, -0.05) is 212 Å². The van der Waals surface area contributed by atoms with Crippen LogP contribution in [-0.4, -0.2) is 0 Å². The van der Waals surface area contributed by atoms with Crippen molar-refractivity contribution in [2.75, 3.05) is 4.90 Å². The Labute approximate surface area is 357 Å². The Balaban J connectivity index is 1.06. The number of anilines is 3. The van der Waals surface area contributed by atoms with E-state index in [2.05, 4.69) is 254 Å². The molecule has 286 valence electrons. The van der Waals surface area contributed by atoms with E-state index in [4.69, 9.17) is 0 Å². The van der Waals surface area contributed by atoms with Crippen LogP contribution >= 0.6 is 0 Å². The molecule has 0 saturated carbocycles. The highest BCUT2D eigenvalue weighted by Crippen LogP contribution is 2.45. The lowest BCUT2D eigenvalue weighted by atomic mass is 9.91. The minimum Gasteiger partial charge on any atom is -0.310 e. The van der Waals surface area contributed by atoms with Crippen LogP contribution in [0.4, 0.5) is 17.1 Å². The molecule has 11 rings (SSSR count). The lowest BCUT2D eigenvalue weighted by Gasteiger charge is -2.29. The van der Waals surface area contributed by atoms with E-state index in [0.717, 1.165) is 17.1 Å². The van der Waals surface area contributed by atoms with Crippen LogP contribution in [0.5, 0.6) is 0 Å². The van der Waals surface area contributed by atoms with Gasteiger partial charge in [-0.15, -0.1) is 0 Å². The van der Waals surface area contributed by atoms with E-state index in [9.17, 15) is 0 Å². The van der Waals surface area contributed by atoms with Crippen molar-refractivity contribution in [3.05, 3.63) is 249 Å². The van der Waals surface area contributed by atoms with Crippen LogP contribution in [0.3, 0.4) is 0 Å². The summed E-state index contributed by atoms with van der Waals surface area (Å²) in [4.78, 5) is 2.42. The average molecular weight is 776 g/mol.